The van der Waals surface area contributed by atoms with Crippen LogP contribution in [-0.2, 0) is 10.1 Å². The molecule has 1 atom stereocenters. The quantitative estimate of drug-likeness (QED) is 0.143. The first kappa shape index (κ1) is 33.0. The topological polar surface area (TPSA) is 77.4 Å². The third-order valence-corrected chi connectivity index (χ3v) is 6.59. The van der Waals surface area contributed by atoms with Gasteiger partial charge in [-0.1, -0.05) is 122 Å². The van der Waals surface area contributed by atoms with Crippen molar-refractivity contribution in [2.24, 2.45) is 0 Å². The van der Waals surface area contributed by atoms with Gasteiger partial charge in [0.15, 0.2) is 0 Å². The molecule has 30 heavy (non-hydrogen) atoms. The summed E-state index contributed by atoms with van der Waals surface area (Å²) in [5.41, 5.74) is 0. The standard InChI is InChI=1S/C24H50O4S.Na/c1-2-21-24(25)22-19-17-15-13-11-9-7-5-3-4-6-8-10-12-14-16-18-20-23-29(26,27)28;/h24-25H,2-23H2,1H3,(H,26,27,28);/q;+1/p-1. The van der Waals surface area contributed by atoms with Gasteiger partial charge in [0.2, 0.25) is 0 Å². The van der Waals surface area contributed by atoms with Crippen LogP contribution in [-0.4, -0.2) is 29.9 Å². The van der Waals surface area contributed by atoms with Crippen molar-refractivity contribution in [3.63, 3.8) is 0 Å². The summed E-state index contributed by atoms with van der Waals surface area (Å²) in [7, 11) is -4.01. The number of hydrogen-bond donors (Lipinski definition) is 1. The van der Waals surface area contributed by atoms with Crippen LogP contribution < -0.4 is 29.6 Å². The molecule has 1 N–H and O–H groups in total. The van der Waals surface area contributed by atoms with Crippen LogP contribution in [0.25, 0.3) is 0 Å². The average molecular weight is 457 g/mol. The van der Waals surface area contributed by atoms with E-state index in [1.807, 2.05) is 0 Å². The van der Waals surface area contributed by atoms with Crippen molar-refractivity contribution in [3.05, 3.63) is 0 Å². The maximum absolute atomic E-state index is 10.5. The van der Waals surface area contributed by atoms with Crippen LogP contribution >= 0.6 is 0 Å². The fourth-order valence-corrected chi connectivity index (χ4v) is 4.52. The van der Waals surface area contributed by atoms with E-state index in [1.165, 1.54) is 89.9 Å². The van der Waals surface area contributed by atoms with Gasteiger partial charge in [0.05, 0.1) is 16.2 Å². The van der Waals surface area contributed by atoms with Crippen molar-refractivity contribution in [1.82, 2.24) is 0 Å². The first-order chi connectivity index (χ1) is 14.0. The van der Waals surface area contributed by atoms with E-state index in [2.05, 4.69) is 6.92 Å². The molecule has 0 aromatic carbocycles. The third-order valence-electron chi connectivity index (χ3n) is 5.80. The van der Waals surface area contributed by atoms with Crippen LogP contribution in [0.4, 0.5) is 0 Å². The number of hydrogen-bond acceptors (Lipinski definition) is 4. The monoisotopic (exact) mass is 456 g/mol. The summed E-state index contributed by atoms with van der Waals surface area (Å²) in [6, 6.07) is 0. The van der Waals surface area contributed by atoms with Crippen LogP contribution in [0.5, 0.6) is 0 Å². The summed E-state index contributed by atoms with van der Waals surface area (Å²) >= 11 is 0. The molecule has 0 radical (unpaired) electrons. The second-order valence-corrected chi connectivity index (χ2v) is 10.4. The summed E-state index contributed by atoms with van der Waals surface area (Å²) in [6.07, 6.45) is 25.2. The van der Waals surface area contributed by atoms with E-state index in [-0.39, 0.29) is 41.4 Å². The fraction of sp³-hybridized carbons (Fsp3) is 1.00. The summed E-state index contributed by atoms with van der Waals surface area (Å²) in [5, 5.41) is 9.69. The Labute approximate surface area is 210 Å². The van der Waals surface area contributed by atoms with Crippen LogP contribution in [0.2, 0.25) is 0 Å². The first-order valence-electron chi connectivity index (χ1n) is 12.6. The molecule has 0 aromatic heterocycles. The van der Waals surface area contributed by atoms with Crippen LogP contribution in [0.15, 0.2) is 0 Å². The predicted molar refractivity (Wildman–Crippen MR) is 123 cm³/mol. The van der Waals surface area contributed by atoms with Gasteiger partial charge < -0.3 is 9.66 Å². The van der Waals surface area contributed by atoms with Crippen molar-refractivity contribution < 1.29 is 47.6 Å². The van der Waals surface area contributed by atoms with Gasteiger partial charge in [-0.25, -0.2) is 8.42 Å². The van der Waals surface area contributed by atoms with Gasteiger partial charge in [0.1, 0.15) is 0 Å². The number of rotatable bonds is 23. The predicted octanol–water partition coefficient (Wildman–Crippen LogP) is 4.11. The Morgan fingerprint density at radius 3 is 1.20 bits per heavy atom. The Morgan fingerprint density at radius 2 is 0.900 bits per heavy atom. The van der Waals surface area contributed by atoms with E-state index < -0.39 is 10.1 Å². The van der Waals surface area contributed by atoms with Crippen LogP contribution in [0.3, 0.4) is 0 Å². The fourth-order valence-electron chi connectivity index (χ4n) is 3.96. The van der Waals surface area contributed by atoms with E-state index in [4.69, 9.17) is 0 Å². The van der Waals surface area contributed by atoms with Gasteiger partial charge in [0, 0.05) is 5.75 Å². The van der Waals surface area contributed by atoms with E-state index >= 15 is 0 Å². The Bertz CT molecular complexity index is 429. The summed E-state index contributed by atoms with van der Waals surface area (Å²) in [5.74, 6) is -0.197. The van der Waals surface area contributed by atoms with E-state index in [9.17, 15) is 18.1 Å². The van der Waals surface area contributed by atoms with Crippen molar-refractivity contribution in [1.29, 1.82) is 0 Å². The minimum Gasteiger partial charge on any atom is -0.748 e. The van der Waals surface area contributed by atoms with E-state index in [0.29, 0.717) is 6.42 Å². The summed E-state index contributed by atoms with van der Waals surface area (Å²) < 4.78 is 31.5. The molecule has 1 unspecified atom stereocenters. The molecule has 0 aliphatic rings. The van der Waals surface area contributed by atoms with Crippen molar-refractivity contribution in [2.45, 2.75) is 148 Å². The minimum absolute atomic E-state index is 0. The second-order valence-electron chi connectivity index (χ2n) is 8.86. The van der Waals surface area contributed by atoms with E-state index in [1.54, 1.807) is 0 Å². The molecule has 0 spiro atoms. The molecular weight excluding hydrogens is 407 g/mol. The maximum Gasteiger partial charge on any atom is 1.00 e. The van der Waals surface area contributed by atoms with Gasteiger partial charge in [-0.2, -0.15) is 0 Å². The van der Waals surface area contributed by atoms with Crippen molar-refractivity contribution in [3.8, 4) is 0 Å². The summed E-state index contributed by atoms with van der Waals surface area (Å²) in [6.45, 7) is 2.13. The first-order valence-corrected chi connectivity index (χ1v) is 14.1. The van der Waals surface area contributed by atoms with Crippen LogP contribution in [0.1, 0.15) is 142 Å². The molecule has 0 amide bonds. The zero-order chi connectivity index (χ0) is 21.6. The molecule has 0 aliphatic carbocycles. The van der Waals surface area contributed by atoms with Crippen molar-refractivity contribution in [2.75, 3.05) is 5.75 Å². The molecule has 0 saturated heterocycles. The van der Waals surface area contributed by atoms with Crippen molar-refractivity contribution >= 4 is 10.1 Å². The van der Waals surface area contributed by atoms with Gasteiger partial charge in [0.25, 0.3) is 0 Å². The number of aliphatic hydroxyl groups is 1. The molecule has 0 aliphatic heterocycles. The van der Waals surface area contributed by atoms with Gasteiger partial charge in [-0.05, 0) is 19.3 Å². The Hall–Kier alpha value is 0.870. The maximum atomic E-state index is 10.5. The smallest absolute Gasteiger partial charge is 0.748 e. The van der Waals surface area contributed by atoms with Gasteiger partial charge >= 0.3 is 29.6 Å². The molecule has 0 aromatic rings. The Morgan fingerprint density at radius 1 is 0.600 bits per heavy atom. The second kappa shape index (κ2) is 24.5. The molecule has 6 heteroatoms. The van der Waals surface area contributed by atoms with Gasteiger partial charge in [-0.15, -0.1) is 0 Å². The van der Waals surface area contributed by atoms with E-state index in [0.717, 1.165) is 38.5 Å². The molecule has 0 saturated carbocycles. The molecule has 0 fully saturated rings. The minimum atomic E-state index is -4.01. The largest absolute Gasteiger partial charge is 1.00 e. The number of aliphatic hydroxyl groups excluding tert-OH is 1. The molecular formula is C24H49NaO4S. The molecule has 0 bridgehead atoms. The number of unbranched alkanes of at least 4 members (excludes halogenated alkanes) is 17. The van der Waals surface area contributed by atoms with Gasteiger partial charge in [-0.3, -0.25) is 0 Å². The Balaban J connectivity index is 0. The third kappa shape index (κ3) is 28.9. The normalized spacial score (nSPS) is 12.6. The Kier molecular flexibility index (Phi) is 27.0. The van der Waals surface area contributed by atoms with Crippen LogP contribution in [0, 0.1) is 0 Å². The molecule has 4 nitrogen and oxygen atoms in total. The zero-order valence-corrected chi connectivity index (χ0v) is 23.0. The average Bonchev–Trinajstić information content (AvgIpc) is 2.65. The molecule has 176 valence electrons. The molecule has 0 heterocycles. The SMILES string of the molecule is CCCC(O)CCCCCCCCCCCCCCCCCCCCS(=O)(=O)[O-].[Na+]. The summed E-state index contributed by atoms with van der Waals surface area (Å²) in [4.78, 5) is 0. The molecule has 0 rings (SSSR count). The zero-order valence-electron chi connectivity index (χ0n) is 20.2.